The van der Waals surface area contributed by atoms with Crippen LogP contribution < -0.4 is 5.32 Å². The number of hydrogen-bond donors (Lipinski definition) is 2. The molecule has 1 heterocycles. The van der Waals surface area contributed by atoms with Gasteiger partial charge < -0.3 is 10.4 Å². The van der Waals surface area contributed by atoms with Crippen molar-refractivity contribution in [2.24, 2.45) is 5.92 Å². The van der Waals surface area contributed by atoms with Crippen molar-refractivity contribution >= 4 is 17.2 Å². The van der Waals surface area contributed by atoms with Crippen LogP contribution in [0, 0.1) is 5.92 Å². The van der Waals surface area contributed by atoms with Gasteiger partial charge in [-0.3, -0.25) is 4.79 Å². The molecule has 1 aliphatic rings. The Kier molecular flexibility index (Phi) is 6.24. The van der Waals surface area contributed by atoms with Crippen molar-refractivity contribution < 1.29 is 9.90 Å². The molecule has 1 fully saturated rings. The van der Waals surface area contributed by atoms with Crippen LogP contribution in [0.25, 0.3) is 0 Å². The van der Waals surface area contributed by atoms with Gasteiger partial charge in [0.1, 0.15) is 0 Å². The van der Waals surface area contributed by atoms with Crippen molar-refractivity contribution in [3.63, 3.8) is 0 Å². The highest BCUT2D eigenvalue weighted by atomic mass is 32.1. The summed E-state index contributed by atoms with van der Waals surface area (Å²) in [6.45, 7) is 5.07. The molecule has 1 amide bonds. The summed E-state index contributed by atoms with van der Waals surface area (Å²) in [5.74, 6) is 0.598. The van der Waals surface area contributed by atoms with Gasteiger partial charge in [0.05, 0.1) is 11.0 Å². The van der Waals surface area contributed by atoms with Crippen LogP contribution in [0.2, 0.25) is 0 Å². The first-order chi connectivity index (χ1) is 10.1. The molecule has 1 aromatic heterocycles. The zero-order chi connectivity index (χ0) is 15.2. The largest absolute Gasteiger partial charge is 0.393 e. The molecule has 0 aliphatic heterocycles. The number of aliphatic hydroxyl groups is 1. The Bertz CT molecular complexity index is 461. The minimum absolute atomic E-state index is 0.0724. The lowest BCUT2D eigenvalue weighted by Gasteiger charge is -2.25. The van der Waals surface area contributed by atoms with E-state index in [1.807, 2.05) is 0 Å². The molecule has 0 unspecified atom stereocenters. The van der Waals surface area contributed by atoms with Crippen LogP contribution in [0.15, 0.2) is 6.07 Å². The first-order valence-electron chi connectivity index (χ1n) is 8.21. The van der Waals surface area contributed by atoms with E-state index in [-0.39, 0.29) is 12.0 Å². The smallest absolute Gasteiger partial charge is 0.261 e. The number of aliphatic hydroxyl groups excluding tert-OH is 1. The minimum atomic E-state index is -0.127. The van der Waals surface area contributed by atoms with E-state index in [0.29, 0.717) is 5.92 Å². The zero-order valence-electron chi connectivity index (χ0n) is 13.2. The lowest BCUT2D eigenvalue weighted by molar-refractivity contribution is 0.0913. The number of hydrogen-bond acceptors (Lipinski definition) is 3. The summed E-state index contributed by atoms with van der Waals surface area (Å²) in [5.41, 5.74) is 1.33. The highest BCUT2D eigenvalue weighted by molar-refractivity contribution is 7.14. The maximum Gasteiger partial charge on any atom is 0.261 e. The fourth-order valence-corrected chi connectivity index (χ4v) is 4.26. The van der Waals surface area contributed by atoms with Gasteiger partial charge in [-0.2, -0.15) is 0 Å². The molecular weight excluding hydrogens is 282 g/mol. The lowest BCUT2D eigenvalue weighted by atomic mass is 9.87. The van der Waals surface area contributed by atoms with Crippen molar-refractivity contribution in [1.82, 2.24) is 5.32 Å². The number of thiophene rings is 1. The van der Waals surface area contributed by atoms with Crippen molar-refractivity contribution in [1.29, 1.82) is 0 Å². The van der Waals surface area contributed by atoms with Crippen LogP contribution in [0.3, 0.4) is 0 Å². The summed E-state index contributed by atoms with van der Waals surface area (Å²) >= 11 is 1.65. The highest BCUT2D eigenvalue weighted by Gasteiger charge is 2.20. The Morgan fingerprint density at radius 1 is 1.33 bits per heavy atom. The predicted molar refractivity (Wildman–Crippen MR) is 88.0 cm³/mol. The number of carbonyl (C=O) groups excluding carboxylic acids is 1. The molecule has 0 bridgehead atoms. The van der Waals surface area contributed by atoms with E-state index >= 15 is 0 Å². The van der Waals surface area contributed by atoms with E-state index < -0.39 is 0 Å². The Labute approximate surface area is 131 Å². The van der Waals surface area contributed by atoms with Gasteiger partial charge in [0.2, 0.25) is 0 Å². The first-order valence-corrected chi connectivity index (χ1v) is 9.03. The summed E-state index contributed by atoms with van der Waals surface area (Å²) in [4.78, 5) is 14.5. The fraction of sp³-hybridized carbons (Fsp3) is 0.706. The van der Waals surface area contributed by atoms with E-state index in [2.05, 4.69) is 25.2 Å². The number of amides is 1. The Morgan fingerprint density at radius 2 is 2.05 bits per heavy atom. The molecule has 1 aromatic rings. The van der Waals surface area contributed by atoms with Gasteiger partial charge in [-0.05, 0) is 56.1 Å². The summed E-state index contributed by atoms with van der Waals surface area (Å²) in [5, 5.41) is 12.6. The molecule has 2 N–H and O–H groups in total. The summed E-state index contributed by atoms with van der Waals surface area (Å²) < 4.78 is 0. The molecule has 118 valence electrons. The van der Waals surface area contributed by atoms with Crippen LogP contribution in [0.5, 0.6) is 0 Å². The maximum absolute atomic E-state index is 12.3. The minimum Gasteiger partial charge on any atom is -0.393 e. The van der Waals surface area contributed by atoms with Crippen LogP contribution in [0.4, 0.5) is 0 Å². The molecule has 1 aliphatic carbocycles. The standard InChI is InChI=1S/C17H27NO2S/c1-3-5-15-13(4-2)10-16(21-15)17(20)18-11-12-6-8-14(19)9-7-12/h10,12,14,19H,3-9,11H2,1-2H3,(H,18,20). The third-order valence-corrected chi connectivity index (χ3v) is 5.58. The molecule has 0 atom stereocenters. The molecular formula is C17H27NO2S. The third kappa shape index (κ3) is 4.55. The summed E-state index contributed by atoms with van der Waals surface area (Å²) in [6, 6.07) is 2.07. The number of aryl methyl sites for hydroxylation is 2. The van der Waals surface area contributed by atoms with Crippen molar-refractivity contribution in [2.45, 2.75) is 64.9 Å². The van der Waals surface area contributed by atoms with Gasteiger partial charge in [0, 0.05) is 11.4 Å². The predicted octanol–water partition coefficient (Wildman–Crippen LogP) is 3.54. The van der Waals surface area contributed by atoms with E-state index in [4.69, 9.17) is 0 Å². The molecule has 0 radical (unpaired) electrons. The molecule has 4 heteroatoms. The molecule has 1 saturated carbocycles. The lowest BCUT2D eigenvalue weighted by Crippen LogP contribution is -2.31. The monoisotopic (exact) mass is 309 g/mol. The van der Waals surface area contributed by atoms with E-state index in [1.54, 1.807) is 11.3 Å². The highest BCUT2D eigenvalue weighted by Crippen LogP contribution is 2.26. The van der Waals surface area contributed by atoms with Crippen molar-refractivity contribution in [3.05, 3.63) is 21.4 Å². The van der Waals surface area contributed by atoms with Crippen LogP contribution in [-0.4, -0.2) is 23.7 Å². The molecule has 2 rings (SSSR count). The summed E-state index contributed by atoms with van der Waals surface area (Å²) in [7, 11) is 0. The van der Waals surface area contributed by atoms with Crippen molar-refractivity contribution in [2.75, 3.05) is 6.54 Å². The molecule has 21 heavy (non-hydrogen) atoms. The molecule has 0 aromatic carbocycles. The van der Waals surface area contributed by atoms with Gasteiger partial charge >= 0.3 is 0 Å². The molecule has 0 saturated heterocycles. The van der Waals surface area contributed by atoms with E-state index in [0.717, 1.165) is 56.4 Å². The van der Waals surface area contributed by atoms with Gasteiger partial charge in [-0.1, -0.05) is 20.3 Å². The average Bonchev–Trinajstić information content (AvgIpc) is 2.90. The molecule has 0 spiro atoms. The van der Waals surface area contributed by atoms with Gasteiger partial charge in [0.25, 0.3) is 5.91 Å². The fourth-order valence-electron chi connectivity index (χ4n) is 2.99. The van der Waals surface area contributed by atoms with Crippen LogP contribution in [-0.2, 0) is 12.8 Å². The number of carbonyl (C=O) groups is 1. The van der Waals surface area contributed by atoms with E-state index in [1.165, 1.54) is 10.4 Å². The second kappa shape index (κ2) is 7.95. The van der Waals surface area contributed by atoms with Gasteiger partial charge in [-0.15, -0.1) is 11.3 Å². The number of rotatable bonds is 6. The van der Waals surface area contributed by atoms with Crippen LogP contribution in [0.1, 0.15) is 66.1 Å². The normalized spacial score (nSPS) is 22.2. The Morgan fingerprint density at radius 3 is 2.67 bits per heavy atom. The Balaban J connectivity index is 1.88. The third-order valence-electron chi connectivity index (χ3n) is 4.35. The maximum atomic E-state index is 12.3. The SMILES string of the molecule is CCCc1sc(C(=O)NCC2CCC(O)CC2)cc1CC. The van der Waals surface area contributed by atoms with Gasteiger partial charge in [0.15, 0.2) is 0 Å². The topological polar surface area (TPSA) is 49.3 Å². The molecule has 3 nitrogen and oxygen atoms in total. The van der Waals surface area contributed by atoms with E-state index in [9.17, 15) is 9.90 Å². The van der Waals surface area contributed by atoms with Crippen molar-refractivity contribution in [3.8, 4) is 0 Å². The van der Waals surface area contributed by atoms with Gasteiger partial charge in [-0.25, -0.2) is 0 Å². The average molecular weight is 309 g/mol. The zero-order valence-corrected chi connectivity index (χ0v) is 14.0. The summed E-state index contributed by atoms with van der Waals surface area (Å²) in [6.07, 6.45) is 6.86. The number of nitrogens with one attached hydrogen (secondary N) is 1. The second-order valence-electron chi connectivity index (χ2n) is 6.05. The Hall–Kier alpha value is -0.870. The van der Waals surface area contributed by atoms with Crippen LogP contribution >= 0.6 is 11.3 Å². The second-order valence-corrected chi connectivity index (χ2v) is 7.18. The first kappa shape index (κ1) is 16.5. The quantitative estimate of drug-likeness (QED) is 0.844.